The number of anilines is 1. The highest BCUT2D eigenvalue weighted by Gasteiger charge is 2.25. The summed E-state index contributed by atoms with van der Waals surface area (Å²) in [5.41, 5.74) is 11.2. The summed E-state index contributed by atoms with van der Waals surface area (Å²) in [4.78, 5) is 13.4. The maximum Gasteiger partial charge on any atom is 0.292 e. The minimum Gasteiger partial charge on any atom is -0.490 e. The predicted octanol–water partition coefficient (Wildman–Crippen LogP) is 4.79. The van der Waals surface area contributed by atoms with Crippen LogP contribution in [-0.4, -0.2) is 44.0 Å². The van der Waals surface area contributed by atoms with Gasteiger partial charge in [-0.05, 0) is 57.3 Å². The summed E-state index contributed by atoms with van der Waals surface area (Å²) < 4.78 is 17.9. The van der Waals surface area contributed by atoms with Crippen molar-refractivity contribution in [2.45, 2.75) is 13.5 Å². The lowest BCUT2D eigenvalue weighted by molar-refractivity contribution is 0.0947. The minimum atomic E-state index is -0.595. The van der Waals surface area contributed by atoms with E-state index < -0.39 is 5.91 Å². The van der Waals surface area contributed by atoms with E-state index in [0.29, 0.717) is 41.5 Å². The van der Waals surface area contributed by atoms with Crippen LogP contribution in [-0.2, 0) is 6.61 Å². The summed E-state index contributed by atoms with van der Waals surface area (Å²) in [6.07, 6.45) is 1.50. The Morgan fingerprint density at radius 2 is 1.79 bits per heavy atom. The number of nitrogens with one attached hydrogen (secondary N) is 1. The van der Waals surface area contributed by atoms with E-state index >= 15 is 0 Å². The van der Waals surface area contributed by atoms with Crippen molar-refractivity contribution in [1.82, 2.24) is 30.7 Å². The Hall–Kier alpha value is -6.04. The Morgan fingerprint density at radius 3 is 2.60 bits per heavy atom. The Kier molecular flexibility index (Phi) is 7.72. The van der Waals surface area contributed by atoms with Crippen molar-refractivity contribution < 1.29 is 18.9 Å². The first kappa shape index (κ1) is 27.1. The van der Waals surface area contributed by atoms with Crippen LogP contribution < -0.4 is 20.6 Å². The zero-order valence-electron chi connectivity index (χ0n) is 23.0. The number of hydrogen-bond donors (Lipinski definition) is 2. The molecule has 0 unspecified atom stereocenters. The van der Waals surface area contributed by atoms with E-state index in [2.05, 4.69) is 49.4 Å². The molecule has 0 spiro atoms. The van der Waals surface area contributed by atoms with Crippen LogP contribution in [0.15, 0.2) is 101 Å². The minimum absolute atomic E-state index is 0.0317. The van der Waals surface area contributed by atoms with E-state index in [0.717, 1.165) is 21.0 Å². The van der Waals surface area contributed by atoms with Crippen LogP contribution in [0.3, 0.4) is 0 Å². The van der Waals surface area contributed by atoms with Gasteiger partial charge in [-0.25, -0.2) is 10.1 Å². The van der Waals surface area contributed by atoms with Crippen LogP contribution >= 0.6 is 0 Å². The normalized spacial score (nSPS) is 11.2. The third kappa shape index (κ3) is 5.75. The fourth-order valence-electron chi connectivity index (χ4n) is 4.55. The molecular formula is C31H26N8O4. The first-order valence-corrected chi connectivity index (χ1v) is 13.4. The van der Waals surface area contributed by atoms with Gasteiger partial charge in [0.1, 0.15) is 12.3 Å². The van der Waals surface area contributed by atoms with Crippen LogP contribution in [0, 0.1) is 0 Å². The molecule has 0 saturated carbocycles. The first-order chi connectivity index (χ1) is 21.1. The SMILES string of the molecule is CCOc1cc(/C=N/NC(=O)c2c(-c3ccccc3)nnn2-c2nonc2N)ccc1OCc1cccc2ccccc12. The smallest absolute Gasteiger partial charge is 0.292 e. The molecule has 0 radical (unpaired) electrons. The highest BCUT2D eigenvalue weighted by atomic mass is 16.6. The van der Waals surface area contributed by atoms with Crippen molar-refractivity contribution in [1.29, 1.82) is 0 Å². The van der Waals surface area contributed by atoms with Gasteiger partial charge >= 0.3 is 0 Å². The zero-order chi connectivity index (χ0) is 29.6. The van der Waals surface area contributed by atoms with Crippen molar-refractivity contribution in [2.24, 2.45) is 5.10 Å². The summed E-state index contributed by atoms with van der Waals surface area (Å²) in [5.74, 6) is 0.540. The number of rotatable bonds is 10. The third-order valence-corrected chi connectivity index (χ3v) is 6.54. The Balaban J connectivity index is 1.21. The highest BCUT2D eigenvalue weighted by molar-refractivity contribution is 5.99. The summed E-state index contributed by atoms with van der Waals surface area (Å²) in [5, 5.41) is 22.0. The van der Waals surface area contributed by atoms with E-state index in [1.807, 2.05) is 61.5 Å². The van der Waals surface area contributed by atoms with E-state index in [1.165, 1.54) is 6.21 Å². The summed E-state index contributed by atoms with van der Waals surface area (Å²) in [7, 11) is 0. The Bertz CT molecular complexity index is 1910. The van der Waals surface area contributed by atoms with E-state index in [4.69, 9.17) is 19.8 Å². The molecule has 0 fully saturated rings. The number of aromatic nitrogens is 5. The standard InChI is InChI=1S/C31H26N8O4/c1-2-41-26-17-20(15-16-25(26)42-19-23-13-8-12-21-9-6-7-14-24(21)23)18-33-35-31(40)28-27(22-10-4-3-5-11-22)34-38-39(28)30-29(32)36-43-37-30/h3-18H,2,19H2,1H3,(H2,32,36)(H,35,40)/b33-18+. The number of hydrazone groups is 1. The molecular weight excluding hydrogens is 548 g/mol. The molecule has 2 heterocycles. The number of fused-ring (bicyclic) bond motifs is 1. The summed E-state index contributed by atoms with van der Waals surface area (Å²) in [6, 6.07) is 28.9. The quantitative estimate of drug-likeness (QED) is 0.173. The van der Waals surface area contributed by atoms with Gasteiger partial charge in [0.05, 0.1) is 12.8 Å². The molecule has 43 heavy (non-hydrogen) atoms. The second-order valence-corrected chi connectivity index (χ2v) is 9.30. The molecule has 0 aliphatic heterocycles. The third-order valence-electron chi connectivity index (χ3n) is 6.54. The molecule has 2 aromatic heterocycles. The first-order valence-electron chi connectivity index (χ1n) is 13.4. The van der Waals surface area contributed by atoms with Crippen LogP contribution in [0.4, 0.5) is 5.82 Å². The Morgan fingerprint density at radius 1 is 0.977 bits per heavy atom. The number of carbonyl (C=O) groups is 1. The maximum atomic E-state index is 13.4. The molecule has 6 aromatic rings. The molecule has 0 aliphatic rings. The van der Waals surface area contributed by atoms with Crippen LogP contribution in [0.2, 0.25) is 0 Å². The summed E-state index contributed by atoms with van der Waals surface area (Å²) in [6.45, 7) is 2.72. The molecule has 12 nitrogen and oxygen atoms in total. The molecule has 0 aliphatic carbocycles. The second kappa shape index (κ2) is 12.2. The molecule has 12 heteroatoms. The van der Waals surface area contributed by atoms with Gasteiger partial charge in [0.25, 0.3) is 5.91 Å². The van der Waals surface area contributed by atoms with Crippen LogP contribution in [0.25, 0.3) is 27.8 Å². The fraction of sp³-hybridized carbons (Fsp3) is 0.0968. The monoisotopic (exact) mass is 574 g/mol. The molecule has 214 valence electrons. The number of nitrogens with zero attached hydrogens (tertiary/aromatic N) is 6. The molecule has 6 rings (SSSR count). The number of hydrogen-bond acceptors (Lipinski definition) is 10. The van der Waals surface area contributed by atoms with Crippen LogP contribution in [0.5, 0.6) is 11.5 Å². The lowest BCUT2D eigenvalue weighted by Crippen LogP contribution is -2.22. The zero-order valence-corrected chi connectivity index (χ0v) is 23.0. The topological polar surface area (TPSA) is 156 Å². The largest absolute Gasteiger partial charge is 0.490 e. The van der Waals surface area contributed by atoms with Gasteiger partial charge in [-0.1, -0.05) is 78.0 Å². The fourth-order valence-corrected chi connectivity index (χ4v) is 4.55. The summed E-state index contributed by atoms with van der Waals surface area (Å²) >= 11 is 0. The maximum absolute atomic E-state index is 13.4. The van der Waals surface area contributed by atoms with Crippen molar-refractivity contribution in [2.75, 3.05) is 12.3 Å². The average Bonchev–Trinajstić information content (AvgIpc) is 3.67. The molecule has 0 bridgehead atoms. The van der Waals surface area contributed by atoms with Gasteiger partial charge in [0.2, 0.25) is 11.6 Å². The van der Waals surface area contributed by atoms with Crippen molar-refractivity contribution >= 4 is 28.7 Å². The van der Waals surface area contributed by atoms with E-state index in [-0.39, 0.29) is 17.3 Å². The van der Waals surface area contributed by atoms with Gasteiger partial charge in [0, 0.05) is 5.56 Å². The van der Waals surface area contributed by atoms with Crippen LogP contribution in [0.1, 0.15) is 28.5 Å². The number of ether oxygens (including phenoxy) is 2. The van der Waals surface area contributed by atoms with Crippen molar-refractivity contribution in [3.05, 3.63) is 108 Å². The van der Waals surface area contributed by atoms with Gasteiger partial charge < -0.3 is 15.2 Å². The average molecular weight is 575 g/mol. The molecule has 1 amide bonds. The van der Waals surface area contributed by atoms with Gasteiger partial charge in [-0.2, -0.15) is 9.78 Å². The van der Waals surface area contributed by atoms with Gasteiger partial charge in [-0.3, -0.25) is 4.79 Å². The van der Waals surface area contributed by atoms with Gasteiger partial charge in [-0.15, -0.1) is 5.10 Å². The van der Waals surface area contributed by atoms with Crippen molar-refractivity contribution in [3.63, 3.8) is 0 Å². The number of carbonyl (C=O) groups excluding carboxylic acids is 1. The molecule has 0 atom stereocenters. The lowest BCUT2D eigenvalue weighted by Gasteiger charge is -2.13. The van der Waals surface area contributed by atoms with E-state index in [1.54, 1.807) is 18.2 Å². The highest BCUT2D eigenvalue weighted by Crippen LogP contribution is 2.30. The van der Waals surface area contributed by atoms with Crippen molar-refractivity contribution in [3.8, 4) is 28.6 Å². The lowest BCUT2D eigenvalue weighted by atomic mass is 10.1. The predicted molar refractivity (Wildman–Crippen MR) is 160 cm³/mol. The Labute approximate surface area is 245 Å². The number of amides is 1. The molecule has 0 saturated heterocycles. The number of nitrogen functional groups attached to an aromatic ring is 1. The molecule has 3 N–H and O–H groups in total. The number of benzene rings is 4. The number of nitrogens with two attached hydrogens (primary N) is 1. The van der Waals surface area contributed by atoms with Gasteiger partial charge in [0.15, 0.2) is 17.2 Å². The molecule has 4 aromatic carbocycles. The second-order valence-electron chi connectivity index (χ2n) is 9.30. The van der Waals surface area contributed by atoms with E-state index in [9.17, 15) is 4.79 Å².